The average Bonchev–Trinajstić information content (AvgIpc) is 2.56. The van der Waals surface area contributed by atoms with E-state index in [-0.39, 0.29) is 0 Å². The van der Waals surface area contributed by atoms with Crippen LogP contribution in [-0.2, 0) is 0 Å². The monoisotopic (exact) mass is 277 g/mol. The summed E-state index contributed by atoms with van der Waals surface area (Å²) in [6, 6.07) is 18.9. The molecule has 0 saturated carbocycles. The van der Waals surface area contributed by atoms with Crippen molar-refractivity contribution in [3.05, 3.63) is 59.7 Å². The second kappa shape index (κ2) is 5.88. The summed E-state index contributed by atoms with van der Waals surface area (Å²) in [4.78, 5) is 4.73. The van der Waals surface area contributed by atoms with Crippen LogP contribution in [0, 0.1) is 18.3 Å². The fraction of sp³-hybridized carbons (Fsp3) is 0.278. The summed E-state index contributed by atoms with van der Waals surface area (Å²) < 4.78 is 0. The molecule has 1 fully saturated rings. The van der Waals surface area contributed by atoms with E-state index >= 15 is 0 Å². The van der Waals surface area contributed by atoms with Gasteiger partial charge in [-0.2, -0.15) is 5.26 Å². The highest BCUT2D eigenvalue weighted by Gasteiger charge is 2.19. The third-order valence-corrected chi connectivity index (χ3v) is 4.02. The predicted octanol–water partition coefficient (Wildman–Crippen LogP) is 3.19. The molecule has 2 aromatic carbocycles. The van der Waals surface area contributed by atoms with Crippen LogP contribution >= 0.6 is 0 Å². The van der Waals surface area contributed by atoms with Gasteiger partial charge in [0.1, 0.15) is 6.07 Å². The number of piperazine rings is 1. The number of rotatable bonds is 2. The van der Waals surface area contributed by atoms with Crippen molar-refractivity contribution in [2.45, 2.75) is 6.92 Å². The van der Waals surface area contributed by atoms with Gasteiger partial charge in [0.15, 0.2) is 0 Å². The Kier molecular flexibility index (Phi) is 3.79. The maximum Gasteiger partial charge on any atom is 0.101 e. The summed E-state index contributed by atoms with van der Waals surface area (Å²) in [5.74, 6) is 0. The normalized spacial score (nSPS) is 14.9. The Morgan fingerprint density at radius 3 is 2.24 bits per heavy atom. The number of anilines is 2. The van der Waals surface area contributed by atoms with Crippen LogP contribution in [0.4, 0.5) is 11.4 Å². The number of hydrogen-bond acceptors (Lipinski definition) is 3. The smallest absolute Gasteiger partial charge is 0.101 e. The fourth-order valence-corrected chi connectivity index (χ4v) is 2.84. The van der Waals surface area contributed by atoms with Gasteiger partial charge in [-0.3, -0.25) is 0 Å². The van der Waals surface area contributed by atoms with Crippen LogP contribution in [0.3, 0.4) is 0 Å². The molecule has 1 heterocycles. The van der Waals surface area contributed by atoms with Crippen LogP contribution in [0.5, 0.6) is 0 Å². The Balaban J connectivity index is 1.75. The van der Waals surface area contributed by atoms with E-state index in [0.29, 0.717) is 0 Å². The van der Waals surface area contributed by atoms with Crippen molar-refractivity contribution in [3.63, 3.8) is 0 Å². The van der Waals surface area contributed by atoms with Crippen LogP contribution < -0.4 is 9.80 Å². The van der Waals surface area contributed by atoms with E-state index in [1.807, 2.05) is 18.2 Å². The van der Waals surface area contributed by atoms with Crippen LogP contribution in [-0.4, -0.2) is 26.2 Å². The van der Waals surface area contributed by atoms with Crippen LogP contribution in [0.1, 0.15) is 11.1 Å². The topological polar surface area (TPSA) is 30.3 Å². The first kappa shape index (κ1) is 13.5. The molecular formula is C18H19N3. The molecule has 3 heteroatoms. The van der Waals surface area contributed by atoms with E-state index in [9.17, 15) is 5.26 Å². The molecule has 0 unspecified atom stereocenters. The minimum absolute atomic E-state index is 0.772. The first-order chi connectivity index (χ1) is 10.3. The number of benzene rings is 2. The van der Waals surface area contributed by atoms with Crippen LogP contribution in [0.2, 0.25) is 0 Å². The summed E-state index contributed by atoms with van der Waals surface area (Å²) >= 11 is 0. The van der Waals surface area contributed by atoms with E-state index in [4.69, 9.17) is 0 Å². The molecule has 1 saturated heterocycles. The quantitative estimate of drug-likeness (QED) is 0.844. The van der Waals surface area contributed by atoms with E-state index in [1.165, 1.54) is 11.3 Å². The highest BCUT2D eigenvalue weighted by molar-refractivity contribution is 5.61. The van der Waals surface area contributed by atoms with Crippen molar-refractivity contribution in [2.75, 3.05) is 36.0 Å². The van der Waals surface area contributed by atoms with Gasteiger partial charge in [0.05, 0.1) is 11.3 Å². The minimum atomic E-state index is 0.772. The molecule has 106 valence electrons. The van der Waals surface area contributed by atoms with Gasteiger partial charge in [-0.15, -0.1) is 0 Å². The fourth-order valence-electron chi connectivity index (χ4n) is 2.84. The van der Waals surface area contributed by atoms with Crippen molar-refractivity contribution < 1.29 is 0 Å². The Morgan fingerprint density at radius 1 is 0.905 bits per heavy atom. The summed E-state index contributed by atoms with van der Waals surface area (Å²) in [5, 5.41) is 9.28. The zero-order valence-corrected chi connectivity index (χ0v) is 12.3. The van der Waals surface area contributed by atoms with Crippen molar-refractivity contribution in [2.24, 2.45) is 0 Å². The number of nitrogens with zero attached hydrogens (tertiary/aromatic N) is 3. The molecule has 1 aliphatic heterocycles. The highest BCUT2D eigenvalue weighted by atomic mass is 15.3. The number of nitriles is 1. The lowest BCUT2D eigenvalue weighted by Gasteiger charge is -2.37. The molecule has 0 aromatic heterocycles. The van der Waals surface area contributed by atoms with Crippen LogP contribution in [0.25, 0.3) is 0 Å². The van der Waals surface area contributed by atoms with Gasteiger partial charge in [-0.1, -0.05) is 24.3 Å². The van der Waals surface area contributed by atoms with E-state index in [2.05, 4.69) is 53.1 Å². The SMILES string of the molecule is Cc1ccc(C#N)c(N2CCN(c3ccccc3)CC2)c1. The zero-order chi connectivity index (χ0) is 14.7. The zero-order valence-electron chi connectivity index (χ0n) is 12.3. The number of para-hydroxylation sites is 1. The molecule has 0 spiro atoms. The Labute approximate surface area is 126 Å². The summed E-state index contributed by atoms with van der Waals surface area (Å²) in [7, 11) is 0. The van der Waals surface area contributed by atoms with Crippen molar-refractivity contribution in [1.29, 1.82) is 5.26 Å². The molecular weight excluding hydrogens is 258 g/mol. The largest absolute Gasteiger partial charge is 0.368 e. The molecule has 1 aliphatic rings. The van der Waals surface area contributed by atoms with Gasteiger partial charge in [0.2, 0.25) is 0 Å². The van der Waals surface area contributed by atoms with Gasteiger partial charge < -0.3 is 9.80 Å². The van der Waals surface area contributed by atoms with Crippen molar-refractivity contribution in [3.8, 4) is 6.07 Å². The Hall–Kier alpha value is -2.47. The molecule has 2 aromatic rings. The minimum Gasteiger partial charge on any atom is -0.368 e. The van der Waals surface area contributed by atoms with Crippen LogP contribution in [0.15, 0.2) is 48.5 Å². The lowest BCUT2D eigenvalue weighted by molar-refractivity contribution is 0.653. The third kappa shape index (κ3) is 2.85. The summed E-state index contributed by atoms with van der Waals surface area (Å²) in [6.07, 6.45) is 0. The lowest BCUT2D eigenvalue weighted by atomic mass is 10.1. The molecule has 0 atom stereocenters. The van der Waals surface area contributed by atoms with Crippen molar-refractivity contribution >= 4 is 11.4 Å². The first-order valence-electron chi connectivity index (χ1n) is 7.33. The second-order valence-corrected chi connectivity index (χ2v) is 5.44. The predicted molar refractivity (Wildman–Crippen MR) is 86.8 cm³/mol. The molecule has 21 heavy (non-hydrogen) atoms. The maximum absolute atomic E-state index is 9.28. The number of aryl methyl sites for hydroxylation is 1. The number of hydrogen-bond donors (Lipinski definition) is 0. The van der Waals surface area contributed by atoms with Gasteiger partial charge in [0, 0.05) is 31.9 Å². The molecule has 3 rings (SSSR count). The lowest BCUT2D eigenvalue weighted by Crippen LogP contribution is -2.46. The molecule has 0 N–H and O–H groups in total. The van der Waals surface area contributed by atoms with E-state index in [1.54, 1.807) is 0 Å². The Morgan fingerprint density at radius 2 is 1.57 bits per heavy atom. The van der Waals surface area contributed by atoms with Gasteiger partial charge in [0.25, 0.3) is 0 Å². The summed E-state index contributed by atoms with van der Waals surface area (Å²) in [6.45, 7) is 5.95. The molecule has 3 nitrogen and oxygen atoms in total. The van der Waals surface area contributed by atoms with Gasteiger partial charge >= 0.3 is 0 Å². The third-order valence-electron chi connectivity index (χ3n) is 4.02. The summed E-state index contributed by atoms with van der Waals surface area (Å²) in [5.41, 5.74) is 4.33. The molecule has 0 amide bonds. The van der Waals surface area contributed by atoms with Gasteiger partial charge in [-0.25, -0.2) is 0 Å². The average molecular weight is 277 g/mol. The van der Waals surface area contributed by atoms with Gasteiger partial charge in [-0.05, 0) is 36.8 Å². The maximum atomic E-state index is 9.28. The van der Waals surface area contributed by atoms with E-state index in [0.717, 1.165) is 37.4 Å². The first-order valence-corrected chi connectivity index (χ1v) is 7.33. The molecule has 0 aliphatic carbocycles. The van der Waals surface area contributed by atoms with Crippen molar-refractivity contribution in [1.82, 2.24) is 0 Å². The molecule has 0 radical (unpaired) electrons. The Bertz CT molecular complexity index is 650. The highest BCUT2D eigenvalue weighted by Crippen LogP contribution is 2.24. The second-order valence-electron chi connectivity index (χ2n) is 5.44. The van der Waals surface area contributed by atoms with E-state index < -0.39 is 0 Å². The standard InChI is InChI=1S/C18H19N3/c1-15-7-8-16(14-19)18(13-15)21-11-9-20(10-12-21)17-5-3-2-4-6-17/h2-8,13H,9-12H2,1H3. The molecule has 0 bridgehead atoms.